The second kappa shape index (κ2) is 3.51. The van der Waals surface area contributed by atoms with E-state index >= 15 is 0 Å². The van der Waals surface area contributed by atoms with Gasteiger partial charge in [-0.05, 0) is 19.4 Å². The van der Waals surface area contributed by atoms with E-state index in [0.29, 0.717) is 0 Å². The Morgan fingerprint density at radius 1 is 1.50 bits per heavy atom. The Bertz CT molecular complexity index is 244. The Balaban J connectivity index is 2.18. The third kappa shape index (κ3) is 1.25. The summed E-state index contributed by atoms with van der Waals surface area (Å²) in [4.78, 5) is 14.0. The Hall–Kier alpha value is -0.610. The predicted molar refractivity (Wildman–Crippen MR) is 51.0 cm³/mol. The van der Waals surface area contributed by atoms with E-state index in [1.807, 2.05) is 0 Å². The molecule has 4 nitrogen and oxygen atoms in total. The molecule has 0 aromatic heterocycles. The molecule has 0 aliphatic carbocycles. The zero-order valence-corrected chi connectivity index (χ0v) is 8.78. The first kappa shape index (κ1) is 9.93. The molecule has 2 rings (SSSR count). The quantitative estimate of drug-likeness (QED) is 0.604. The molecule has 0 radical (unpaired) electrons. The van der Waals surface area contributed by atoms with Gasteiger partial charge in [0, 0.05) is 20.1 Å². The van der Waals surface area contributed by atoms with Crippen molar-refractivity contribution < 1.29 is 14.3 Å². The summed E-state index contributed by atoms with van der Waals surface area (Å²) in [5.74, 6) is -0.0884. The maximum Gasteiger partial charge on any atom is 0.326 e. The topological polar surface area (TPSA) is 38.8 Å². The summed E-state index contributed by atoms with van der Waals surface area (Å²) in [6.45, 7) is 1.86. The molecule has 0 N–H and O–H groups in total. The second-order valence-electron chi connectivity index (χ2n) is 4.13. The second-order valence-corrected chi connectivity index (χ2v) is 4.13. The lowest BCUT2D eigenvalue weighted by Gasteiger charge is -2.27. The van der Waals surface area contributed by atoms with Gasteiger partial charge in [-0.15, -0.1) is 0 Å². The maximum absolute atomic E-state index is 11.8. The van der Waals surface area contributed by atoms with Crippen molar-refractivity contribution in [1.29, 1.82) is 0 Å². The highest BCUT2D eigenvalue weighted by atomic mass is 16.5. The summed E-state index contributed by atoms with van der Waals surface area (Å²) < 4.78 is 10.2. The number of carbonyl (C=O) groups is 1. The molecule has 0 unspecified atom stereocenters. The summed E-state index contributed by atoms with van der Waals surface area (Å²) in [5, 5.41) is 0. The van der Waals surface area contributed by atoms with Crippen molar-refractivity contribution in [3.63, 3.8) is 0 Å². The van der Waals surface area contributed by atoms with Crippen LogP contribution in [0.25, 0.3) is 0 Å². The van der Waals surface area contributed by atoms with Crippen LogP contribution in [-0.4, -0.2) is 49.8 Å². The molecule has 2 fully saturated rings. The van der Waals surface area contributed by atoms with Crippen molar-refractivity contribution in [3.8, 4) is 0 Å². The smallest absolute Gasteiger partial charge is 0.326 e. The third-order valence-corrected chi connectivity index (χ3v) is 3.51. The van der Waals surface area contributed by atoms with Gasteiger partial charge in [-0.3, -0.25) is 9.69 Å². The van der Waals surface area contributed by atoms with E-state index < -0.39 is 0 Å². The first-order valence-corrected chi connectivity index (χ1v) is 5.09. The fraction of sp³-hybridized carbons (Fsp3) is 0.900. The Kier molecular flexibility index (Phi) is 2.49. The van der Waals surface area contributed by atoms with Gasteiger partial charge in [-0.25, -0.2) is 0 Å². The maximum atomic E-state index is 11.8. The van der Waals surface area contributed by atoms with E-state index in [1.54, 1.807) is 7.11 Å². The van der Waals surface area contributed by atoms with Gasteiger partial charge >= 0.3 is 5.97 Å². The van der Waals surface area contributed by atoms with Crippen LogP contribution in [0.4, 0.5) is 0 Å². The van der Waals surface area contributed by atoms with Crippen LogP contribution in [0.5, 0.6) is 0 Å². The van der Waals surface area contributed by atoms with E-state index in [0.717, 1.165) is 32.4 Å². The molecule has 80 valence electrons. The van der Waals surface area contributed by atoms with Crippen LogP contribution in [-0.2, 0) is 14.3 Å². The molecular formula is C10H17NO3. The molecule has 0 saturated carbocycles. The van der Waals surface area contributed by atoms with Crippen molar-refractivity contribution in [2.24, 2.45) is 0 Å². The summed E-state index contributed by atoms with van der Waals surface area (Å²) in [5.41, 5.74) is -0.366. The van der Waals surface area contributed by atoms with Crippen molar-refractivity contribution in [3.05, 3.63) is 0 Å². The van der Waals surface area contributed by atoms with Crippen molar-refractivity contribution >= 4 is 5.97 Å². The van der Waals surface area contributed by atoms with E-state index in [1.165, 1.54) is 7.11 Å². The summed E-state index contributed by atoms with van der Waals surface area (Å²) in [6.07, 6.45) is 2.98. The number of rotatable bonds is 2. The number of nitrogens with zero attached hydrogens (tertiary/aromatic N) is 1. The van der Waals surface area contributed by atoms with Crippen LogP contribution in [0.15, 0.2) is 0 Å². The van der Waals surface area contributed by atoms with Gasteiger partial charge in [0.2, 0.25) is 0 Å². The van der Waals surface area contributed by atoms with Gasteiger partial charge in [0.15, 0.2) is 0 Å². The first-order valence-electron chi connectivity index (χ1n) is 5.09. The van der Waals surface area contributed by atoms with Gasteiger partial charge in [0.25, 0.3) is 0 Å². The SMILES string of the molecule is COC(=O)[C@]12CCCN1C[C@@H](OC)C2. The molecule has 2 heterocycles. The Labute approximate surface area is 84.2 Å². The molecule has 14 heavy (non-hydrogen) atoms. The summed E-state index contributed by atoms with van der Waals surface area (Å²) in [7, 11) is 3.17. The molecule has 0 bridgehead atoms. The van der Waals surface area contributed by atoms with Crippen molar-refractivity contribution in [2.45, 2.75) is 30.9 Å². The van der Waals surface area contributed by atoms with Crippen molar-refractivity contribution in [2.75, 3.05) is 27.3 Å². The summed E-state index contributed by atoms with van der Waals surface area (Å²) in [6, 6.07) is 0. The molecule has 2 saturated heterocycles. The number of hydrogen-bond acceptors (Lipinski definition) is 4. The molecule has 4 heteroatoms. The van der Waals surface area contributed by atoms with Gasteiger partial charge in [0.05, 0.1) is 13.2 Å². The van der Waals surface area contributed by atoms with Crippen LogP contribution < -0.4 is 0 Å². The zero-order chi connectivity index (χ0) is 10.2. The van der Waals surface area contributed by atoms with Crippen LogP contribution >= 0.6 is 0 Å². The van der Waals surface area contributed by atoms with Gasteiger partial charge < -0.3 is 9.47 Å². The lowest BCUT2D eigenvalue weighted by molar-refractivity contribution is -0.151. The van der Waals surface area contributed by atoms with Gasteiger partial charge in [0.1, 0.15) is 5.54 Å². The minimum atomic E-state index is -0.366. The normalized spacial score (nSPS) is 37.1. The molecule has 0 spiro atoms. The van der Waals surface area contributed by atoms with Gasteiger partial charge in [-0.2, -0.15) is 0 Å². The average Bonchev–Trinajstić information content (AvgIpc) is 2.72. The largest absolute Gasteiger partial charge is 0.468 e. The zero-order valence-electron chi connectivity index (χ0n) is 8.78. The molecule has 0 aromatic rings. The number of ether oxygens (including phenoxy) is 2. The molecular weight excluding hydrogens is 182 g/mol. The molecule has 2 aliphatic rings. The highest BCUT2D eigenvalue weighted by molar-refractivity contribution is 5.81. The van der Waals surface area contributed by atoms with E-state index in [4.69, 9.17) is 9.47 Å². The first-order chi connectivity index (χ1) is 6.73. The number of fused-ring (bicyclic) bond motifs is 1. The monoisotopic (exact) mass is 199 g/mol. The van der Waals surface area contributed by atoms with Gasteiger partial charge in [-0.1, -0.05) is 0 Å². The molecule has 2 atom stereocenters. The predicted octanol–water partition coefficient (Wildman–Crippen LogP) is 0.413. The average molecular weight is 199 g/mol. The highest BCUT2D eigenvalue weighted by Gasteiger charge is 2.54. The summed E-state index contributed by atoms with van der Waals surface area (Å²) >= 11 is 0. The standard InChI is InChI=1S/C10H17NO3/c1-13-8-6-10(9(12)14-2)4-3-5-11(10)7-8/h8H,3-7H2,1-2H3/t8-,10+/m0/s1. The van der Waals surface area contributed by atoms with E-state index in [-0.39, 0.29) is 17.6 Å². The number of esters is 1. The molecule has 0 aromatic carbocycles. The Morgan fingerprint density at radius 2 is 2.29 bits per heavy atom. The lowest BCUT2D eigenvalue weighted by Crippen LogP contribution is -2.46. The number of methoxy groups -OCH3 is 2. The van der Waals surface area contributed by atoms with E-state index in [9.17, 15) is 4.79 Å². The fourth-order valence-corrected chi connectivity index (χ4v) is 2.78. The highest BCUT2D eigenvalue weighted by Crippen LogP contribution is 2.40. The lowest BCUT2D eigenvalue weighted by atomic mass is 9.93. The van der Waals surface area contributed by atoms with E-state index in [2.05, 4.69) is 4.90 Å². The minimum absolute atomic E-state index is 0.0884. The van der Waals surface area contributed by atoms with Crippen molar-refractivity contribution in [1.82, 2.24) is 4.90 Å². The number of hydrogen-bond donors (Lipinski definition) is 0. The third-order valence-electron chi connectivity index (χ3n) is 3.51. The number of carbonyl (C=O) groups excluding carboxylic acids is 1. The fourth-order valence-electron chi connectivity index (χ4n) is 2.78. The van der Waals surface area contributed by atoms with Crippen LogP contribution in [0.3, 0.4) is 0 Å². The van der Waals surface area contributed by atoms with Crippen LogP contribution in [0.2, 0.25) is 0 Å². The van der Waals surface area contributed by atoms with Crippen LogP contribution in [0, 0.1) is 0 Å². The molecule has 0 amide bonds. The Morgan fingerprint density at radius 3 is 2.93 bits per heavy atom. The molecule has 2 aliphatic heterocycles. The van der Waals surface area contributed by atoms with Crippen LogP contribution in [0.1, 0.15) is 19.3 Å². The minimum Gasteiger partial charge on any atom is -0.468 e.